The Morgan fingerprint density at radius 3 is 2.19 bits per heavy atom. The van der Waals surface area contributed by atoms with Gasteiger partial charge < -0.3 is 9.30 Å². The van der Waals surface area contributed by atoms with Crippen LogP contribution in [0.1, 0.15) is 44.1 Å². The number of para-hydroxylation sites is 2. The standard InChI is InChI=1S/C37H39O3P2/c1-29-16-15-23-33(28-29)42(39,32-21-9-4-10-22-32)37-27-14-12-25-35(37)40-34-24-11-13-26-36(34)41(38,30-17-5-2-6-18-30)31-19-7-3-8-20-31/h2,4-6,9-17,21-28,30-31,39H,3,7-8,18-20H2,1H3/q+1. The average Bonchev–Trinajstić information content (AvgIpc) is 3.06. The van der Waals surface area contributed by atoms with Gasteiger partial charge in [0, 0.05) is 11.3 Å². The molecule has 214 valence electrons. The number of rotatable bonds is 8. The number of benzene rings is 4. The van der Waals surface area contributed by atoms with Crippen molar-refractivity contribution >= 4 is 35.8 Å². The second-order valence-electron chi connectivity index (χ2n) is 11.5. The highest BCUT2D eigenvalue weighted by molar-refractivity contribution is 7.91. The first-order valence-electron chi connectivity index (χ1n) is 15.1. The Labute approximate surface area is 250 Å². The molecule has 0 heterocycles. The average molecular weight is 594 g/mol. The van der Waals surface area contributed by atoms with Crippen molar-refractivity contribution in [2.75, 3.05) is 0 Å². The van der Waals surface area contributed by atoms with E-state index in [4.69, 9.17) is 4.74 Å². The van der Waals surface area contributed by atoms with Crippen LogP contribution in [0.4, 0.5) is 0 Å². The van der Waals surface area contributed by atoms with Crippen molar-refractivity contribution in [2.24, 2.45) is 0 Å². The molecule has 1 saturated carbocycles. The lowest BCUT2D eigenvalue weighted by Crippen LogP contribution is -2.32. The lowest BCUT2D eigenvalue weighted by molar-refractivity contribution is 0.476. The van der Waals surface area contributed by atoms with Crippen molar-refractivity contribution < 1.29 is 14.2 Å². The van der Waals surface area contributed by atoms with Crippen molar-refractivity contribution in [1.29, 1.82) is 0 Å². The molecule has 5 heteroatoms. The molecule has 4 aromatic rings. The quantitative estimate of drug-likeness (QED) is 0.210. The molecule has 0 spiro atoms. The Bertz CT molecular complexity index is 1640. The van der Waals surface area contributed by atoms with Gasteiger partial charge in [0.2, 0.25) is 7.49 Å². The molecule has 3 atom stereocenters. The van der Waals surface area contributed by atoms with Gasteiger partial charge in [-0.05, 0) is 80.3 Å². The highest BCUT2D eigenvalue weighted by Crippen LogP contribution is 2.62. The summed E-state index contributed by atoms with van der Waals surface area (Å²) in [5.74, 6) is 1.23. The minimum absolute atomic E-state index is 0.0355. The van der Waals surface area contributed by atoms with Crippen molar-refractivity contribution in [3.8, 4) is 11.5 Å². The summed E-state index contributed by atoms with van der Waals surface area (Å²) >= 11 is 0. The third-order valence-electron chi connectivity index (χ3n) is 8.75. The maximum absolute atomic E-state index is 15.5. The van der Waals surface area contributed by atoms with Crippen LogP contribution in [0.25, 0.3) is 0 Å². The highest BCUT2D eigenvalue weighted by atomic mass is 31.2. The zero-order chi connectivity index (χ0) is 29.0. The molecule has 42 heavy (non-hydrogen) atoms. The van der Waals surface area contributed by atoms with E-state index in [1.807, 2.05) is 91.0 Å². The van der Waals surface area contributed by atoms with Gasteiger partial charge >= 0.3 is 0 Å². The van der Waals surface area contributed by atoms with E-state index in [0.29, 0.717) is 11.5 Å². The Morgan fingerprint density at radius 1 is 0.762 bits per heavy atom. The van der Waals surface area contributed by atoms with E-state index < -0.39 is 14.6 Å². The van der Waals surface area contributed by atoms with E-state index in [-0.39, 0.29) is 11.3 Å². The summed E-state index contributed by atoms with van der Waals surface area (Å²) in [6.45, 7) is 2.05. The molecule has 0 amide bonds. The van der Waals surface area contributed by atoms with Gasteiger partial charge in [0.25, 0.3) is 0 Å². The maximum atomic E-state index is 15.5. The van der Waals surface area contributed by atoms with Crippen LogP contribution in [-0.2, 0) is 4.57 Å². The van der Waals surface area contributed by atoms with Crippen molar-refractivity contribution in [3.05, 3.63) is 133 Å². The van der Waals surface area contributed by atoms with Gasteiger partial charge in [0.1, 0.15) is 23.5 Å². The molecule has 6 rings (SSSR count). The van der Waals surface area contributed by atoms with Crippen LogP contribution in [0.3, 0.4) is 0 Å². The van der Waals surface area contributed by atoms with Crippen LogP contribution in [-0.4, -0.2) is 16.2 Å². The fraction of sp³-hybridized carbons (Fsp3) is 0.243. The van der Waals surface area contributed by atoms with Crippen molar-refractivity contribution in [2.45, 2.75) is 56.8 Å². The Morgan fingerprint density at radius 2 is 1.45 bits per heavy atom. The first-order chi connectivity index (χ1) is 20.5. The van der Waals surface area contributed by atoms with Gasteiger partial charge in [-0.1, -0.05) is 98.2 Å². The SMILES string of the molecule is Cc1cccc([P+](O)(c2ccccc2)c2ccccc2Oc2ccccc2P(=O)(C2C=CC=CC2)C2CCCCC2)c1. The van der Waals surface area contributed by atoms with Crippen LogP contribution in [0.2, 0.25) is 0 Å². The summed E-state index contributed by atoms with van der Waals surface area (Å²) in [6.07, 6.45) is 14.6. The number of allylic oxidation sites excluding steroid dienone is 4. The molecule has 0 radical (unpaired) electrons. The second kappa shape index (κ2) is 12.6. The van der Waals surface area contributed by atoms with Crippen molar-refractivity contribution in [3.63, 3.8) is 0 Å². The summed E-state index contributed by atoms with van der Waals surface area (Å²) in [6, 6.07) is 33.8. The van der Waals surface area contributed by atoms with E-state index in [2.05, 4.69) is 43.4 Å². The Kier molecular flexibility index (Phi) is 8.64. The van der Waals surface area contributed by atoms with E-state index in [1.165, 1.54) is 6.42 Å². The monoisotopic (exact) mass is 593 g/mol. The summed E-state index contributed by atoms with van der Waals surface area (Å²) in [4.78, 5) is 12.8. The molecule has 0 bridgehead atoms. The Hall–Kier alpha value is -3.22. The topological polar surface area (TPSA) is 46.5 Å². The van der Waals surface area contributed by atoms with Crippen LogP contribution in [0.5, 0.6) is 11.5 Å². The molecule has 1 N–H and O–H groups in total. The predicted molar refractivity (Wildman–Crippen MR) is 179 cm³/mol. The third-order valence-corrected chi connectivity index (χ3v) is 16.0. The highest BCUT2D eigenvalue weighted by Gasteiger charge is 2.48. The number of ether oxygens (including phenoxy) is 1. The molecule has 2 aliphatic rings. The first-order valence-corrected chi connectivity index (χ1v) is 18.6. The fourth-order valence-corrected chi connectivity index (χ4v) is 13.5. The maximum Gasteiger partial charge on any atom is 0.242 e. The van der Waals surface area contributed by atoms with E-state index in [9.17, 15) is 4.89 Å². The molecule has 2 aliphatic carbocycles. The zero-order valence-electron chi connectivity index (χ0n) is 24.2. The predicted octanol–water partition coefficient (Wildman–Crippen LogP) is 8.19. The second-order valence-corrected chi connectivity index (χ2v) is 17.5. The number of aryl methyl sites for hydroxylation is 1. The summed E-state index contributed by atoms with van der Waals surface area (Å²) in [5, 5.41) is 3.33. The molecule has 4 aromatic carbocycles. The zero-order valence-corrected chi connectivity index (χ0v) is 26.0. The summed E-state index contributed by atoms with van der Waals surface area (Å²) < 4.78 is 22.3. The minimum atomic E-state index is -3.05. The summed E-state index contributed by atoms with van der Waals surface area (Å²) in [5.41, 5.74) is 1.20. The molecule has 3 nitrogen and oxygen atoms in total. The van der Waals surface area contributed by atoms with Gasteiger partial charge in [0.05, 0.1) is 5.30 Å². The minimum Gasteiger partial charge on any atom is -0.452 e. The normalized spacial score (nSPS) is 20.0. The number of hydrogen-bond donors (Lipinski definition) is 1. The van der Waals surface area contributed by atoms with Gasteiger partial charge in [-0.2, -0.15) is 0 Å². The third kappa shape index (κ3) is 5.47. The molecule has 3 unspecified atom stereocenters. The van der Waals surface area contributed by atoms with Gasteiger partial charge in [-0.3, -0.25) is 0 Å². The molecular formula is C37H39O3P2+. The van der Waals surface area contributed by atoms with Crippen LogP contribution < -0.4 is 26.0 Å². The van der Waals surface area contributed by atoms with E-state index >= 15 is 4.57 Å². The number of hydrogen-bond acceptors (Lipinski definition) is 3. The largest absolute Gasteiger partial charge is 0.452 e. The fourth-order valence-electron chi connectivity index (χ4n) is 6.62. The molecule has 0 saturated heterocycles. The molecule has 0 aliphatic heterocycles. The lowest BCUT2D eigenvalue weighted by Gasteiger charge is -2.36. The Balaban J connectivity index is 1.49. The van der Waals surface area contributed by atoms with Gasteiger partial charge in [0.15, 0.2) is 11.1 Å². The van der Waals surface area contributed by atoms with E-state index in [1.54, 1.807) is 0 Å². The lowest BCUT2D eigenvalue weighted by atomic mass is 10.0. The van der Waals surface area contributed by atoms with E-state index in [0.717, 1.165) is 58.9 Å². The first kappa shape index (κ1) is 28.9. The molecule has 0 aromatic heterocycles. The van der Waals surface area contributed by atoms with Crippen LogP contribution in [0.15, 0.2) is 127 Å². The smallest absolute Gasteiger partial charge is 0.242 e. The van der Waals surface area contributed by atoms with Crippen LogP contribution in [0, 0.1) is 6.92 Å². The van der Waals surface area contributed by atoms with Gasteiger partial charge in [-0.25, -0.2) is 4.89 Å². The van der Waals surface area contributed by atoms with Crippen LogP contribution >= 0.6 is 14.6 Å². The molecular weight excluding hydrogens is 554 g/mol. The summed E-state index contributed by atoms with van der Waals surface area (Å²) in [7, 11) is -5.94. The molecule has 1 fully saturated rings. The van der Waals surface area contributed by atoms with Gasteiger partial charge in [-0.15, -0.1) is 0 Å². The van der Waals surface area contributed by atoms with Crippen molar-refractivity contribution in [1.82, 2.24) is 0 Å².